The van der Waals surface area contributed by atoms with Crippen molar-refractivity contribution in [2.45, 2.75) is 31.9 Å². The van der Waals surface area contributed by atoms with Gasteiger partial charge in [-0.25, -0.2) is 4.79 Å². The minimum atomic E-state index is -0.854. The second-order valence-corrected chi connectivity index (χ2v) is 5.45. The quantitative estimate of drug-likeness (QED) is 0.881. The van der Waals surface area contributed by atoms with E-state index in [2.05, 4.69) is 30.0 Å². The first kappa shape index (κ1) is 12.6. The first-order chi connectivity index (χ1) is 9.15. The summed E-state index contributed by atoms with van der Waals surface area (Å²) in [4.78, 5) is 13.3. The summed E-state index contributed by atoms with van der Waals surface area (Å²) in [6.45, 7) is 3.93. The molecule has 1 aromatic rings. The highest BCUT2D eigenvalue weighted by molar-refractivity contribution is 5.72. The van der Waals surface area contributed by atoms with Crippen molar-refractivity contribution in [1.29, 1.82) is 0 Å². The van der Waals surface area contributed by atoms with E-state index in [0.29, 0.717) is 19.2 Å². The van der Waals surface area contributed by atoms with E-state index in [-0.39, 0.29) is 0 Å². The van der Waals surface area contributed by atoms with Gasteiger partial charge < -0.3 is 9.84 Å². The average molecular weight is 261 g/mol. The topological polar surface area (TPSA) is 49.8 Å². The molecular formula is C15H19NO3. The molecule has 2 unspecified atom stereocenters. The lowest BCUT2D eigenvalue weighted by molar-refractivity contribution is -0.157. The summed E-state index contributed by atoms with van der Waals surface area (Å²) in [5.74, 6) is -0.854. The van der Waals surface area contributed by atoms with E-state index in [9.17, 15) is 4.79 Å². The van der Waals surface area contributed by atoms with Crippen molar-refractivity contribution < 1.29 is 14.6 Å². The molecule has 2 atom stereocenters. The SMILES string of the molecule is Cc1ccc2c(c1)C(N1CCOC(C(=O)O)C1)CC2. The fraction of sp³-hybridized carbons (Fsp3) is 0.533. The lowest BCUT2D eigenvalue weighted by Gasteiger charge is -2.35. The van der Waals surface area contributed by atoms with Crippen LogP contribution in [0.3, 0.4) is 0 Å². The van der Waals surface area contributed by atoms with Crippen LogP contribution in [0.1, 0.15) is 29.2 Å². The first-order valence-corrected chi connectivity index (χ1v) is 6.83. The standard InChI is InChI=1S/C15H19NO3/c1-10-2-3-11-4-5-13(12(11)8-10)16-6-7-19-14(9-16)15(17)18/h2-3,8,13-14H,4-7,9H2,1H3,(H,17,18). The van der Waals surface area contributed by atoms with Crippen LogP contribution in [0.5, 0.6) is 0 Å². The third-order valence-corrected chi connectivity index (χ3v) is 4.16. The predicted molar refractivity (Wildman–Crippen MR) is 71.2 cm³/mol. The highest BCUT2D eigenvalue weighted by Gasteiger charge is 2.34. The smallest absolute Gasteiger partial charge is 0.334 e. The Morgan fingerprint density at radius 3 is 3.11 bits per heavy atom. The van der Waals surface area contributed by atoms with Gasteiger partial charge in [0.25, 0.3) is 0 Å². The predicted octanol–water partition coefficient (Wildman–Crippen LogP) is 1.77. The van der Waals surface area contributed by atoms with E-state index in [1.807, 2.05) is 0 Å². The molecule has 1 saturated heterocycles. The molecule has 1 N–H and O–H groups in total. The van der Waals surface area contributed by atoms with E-state index in [1.165, 1.54) is 16.7 Å². The molecule has 3 rings (SSSR count). The van der Waals surface area contributed by atoms with E-state index >= 15 is 0 Å². The number of carboxylic acids is 1. The van der Waals surface area contributed by atoms with Crippen LogP contribution in [0.15, 0.2) is 18.2 Å². The number of carboxylic acid groups (broad SMARTS) is 1. The molecule has 0 saturated carbocycles. The summed E-state index contributed by atoms with van der Waals surface area (Å²) in [5, 5.41) is 9.09. The van der Waals surface area contributed by atoms with Crippen molar-refractivity contribution in [3.8, 4) is 0 Å². The van der Waals surface area contributed by atoms with Crippen LogP contribution in [-0.2, 0) is 16.0 Å². The summed E-state index contributed by atoms with van der Waals surface area (Å²) < 4.78 is 5.30. The third-order valence-electron chi connectivity index (χ3n) is 4.16. The number of rotatable bonds is 2. The minimum absolute atomic E-state index is 0.362. The fourth-order valence-corrected chi connectivity index (χ4v) is 3.18. The highest BCUT2D eigenvalue weighted by atomic mass is 16.5. The van der Waals surface area contributed by atoms with Gasteiger partial charge in [0, 0.05) is 19.1 Å². The molecule has 0 bridgehead atoms. The molecular weight excluding hydrogens is 242 g/mol. The van der Waals surface area contributed by atoms with Crippen molar-refractivity contribution in [2.75, 3.05) is 19.7 Å². The van der Waals surface area contributed by atoms with E-state index in [1.54, 1.807) is 0 Å². The van der Waals surface area contributed by atoms with Gasteiger partial charge in [-0.1, -0.05) is 23.8 Å². The highest BCUT2D eigenvalue weighted by Crippen LogP contribution is 2.37. The van der Waals surface area contributed by atoms with Crippen molar-refractivity contribution in [3.63, 3.8) is 0 Å². The largest absolute Gasteiger partial charge is 0.479 e. The molecule has 102 valence electrons. The number of carbonyl (C=O) groups is 1. The number of benzene rings is 1. The fourth-order valence-electron chi connectivity index (χ4n) is 3.18. The normalized spacial score (nSPS) is 27.2. The van der Waals surface area contributed by atoms with Gasteiger partial charge in [0.15, 0.2) is 6.10 Å². The molecule has 0 spiro atoms. The Balaban J connectivity index is 1.81. The van der Waals surface area contributed by atoms with E-state index < -0.39 is 12.1 Å². The van der Waals surface area contributed by atoms with Gasteiger partial charge in [-0.3, -0.25) is 4.90 Å². The number of morpholine rings is 1. The maximum absolute atomic E-state index is 11.1. The number of nitrogens with zero attached hydrogens (tertiary/aromatic N) is 1. The molecule has 1 fully saturated rings. The Hall–Kier alpha value is -1.39. The first-order valence-electron chi connectivity index (χ1n) is 6.83. The molecule has 1 aliphatic carbocycles. The second-order valence-electron chi connectivity index (χ2n) is 5.45. The average Bonchev–Trinajstić information content (AvgIpc) is 2.81. The van der Waals surface area contributed by atoms with Crippen LogP contribution >= 0.6 is 0 Å². The summed E-state index contributed by atoms with van der Waals surface area (Å²) in [7, 11) is 0. The molecule has 1 aliphatic heterocycles. The molecule has 0 radical (unpaired) electrons. The number of fused-ring (bicyclic) bond motifs is 1. The van der Waals surface area contributed by atoms with Crippen LogP contribution in [0.25, 0.3) is 0 Å². The lowest BCUT2D eigenvalue weighted by atomic mass is 10.0. The van der Waals surface area contributed by atoms with Crippen LogP contribution in [0, 0.1) is 6.92 Å². The maximum Gasteiger partial charge on any atom is 0.334 e. The molecule has 4 heteroatoms. The Bertz CT molecular complexity index is 500. The van der Waals surface area contributed by atoms with Gasteiger partial charge in [-0.05, 0) is 30.9 Å². The number of hydrogen-bond acceptors (Lipinski definition) is 3. The Morgan fingerprint density at radius 1 is 1.47 bits per heavy atom. The monoisotopic (exact) mass is 261 g/mol. The Labute approximate surface area is 113 Å². The molecule has 0 aromatic heterocycles. The zero-order valence-electron chi connectivity index (χ0n) is 11.1. The van der Waals surface area contributed by atoms with Crippen LogP contribution in [-0.4, -0.2) is 41.8 Å². The zero-order valence-corrected chi connectivity index (χ0v) is 11.1. The molecule has 1 aromatic carbocycles. The van der Waals surface area contributed by atoms with Crippen molar-refractivity contribution >= 4 is 5.97 Å². The number of aryl methyl sites for hydroxylation is 2. The van der Waals surface area contributed by atoms with Gasteiger partial charge in [-0.15, -0.1) is 0 Å². The molecule has 2 aliphatic rings. The van der Waals surface area contributed by atoms with Gasteiger partial charge in [0.05, 0.1) is 6.61 Å². The van der Waals surface area contributed by atoms with E-state index in [4.69, 9.17) is 9.84 Å². The summed E-state index contributed by atoms with van der Waals surface area (Å²) in [6.07, 6.45) is 1.50. The maximum atomic E-state index is 11.1. The van der Waals surface area contributed by atoms with Crippen molar-refractivity contribution in [3.05, 3.63) is 34.9 Å². The lowest BCUT2D eigenvalue weighted by Crippen LogP contribution is -2.47. The number of aliphatic carboxylic acids is 1. The van der Waals surface area contributed by atoms with Crippen molar-refractivity contribution in [2.24, 2.45) is 0 Å². The van der Waals surface area contributed by atoms with Gasteiger partial charge >= 0.3 is 5.97 Å². The minimum Gasteiger partial charge on any atom is -0.479 e. The van der Waals surface area contributed by atoms with Crippen LogP contribution in [0.4, 0.5) is 0 Å². The number of hydrogen-bond donors (Lipinski definition) is 1. The summed E-state index contributed by atoms with van der Waals surface area (Å²) in [5.41, 5.74) is 4.06. The zero-order chi connectivity index (χ0) is 13.4. The molecule has 19 heavy (non-hydrogen) atoms. The number of ether oxygens (including phenoxy) is 1. The van der Waals surface area contributed by atoms with Crippen LogP contribution in [0.2, 0.25) is 0 Å². The molecule has 4 nitrogen and oxygen atoms in total. The van der Waals surface area contributed by atoms with Gasteiger partial charge in [0.2, 0.25) is 0 Å². The summed E-state index contributed by atoms with van der Waals surface area (Å²) in [6, 6.07) is 6.97. The Morgan fingerprint density at radius 2 is 2.32 bits per heavy atom. The second kappa shape index (κ2) is 4.94. The van der Waals surface area contributed by atoms with E-state index in [0.717, 1.165) is 19.4 Å². The summed E-state index contributed by atoms with van der Waals surface area (Å²) >= 11 is 0. The molecule has 0 amide bonds. The Kier molecular flexibility index (Phi) is 3.29. The molecule has 1 heterocycles. The van der Waals surface area contributed by atoms with Crippen molar-refractivity contribution in [1.82, 2.24) is 4.90 Å². The van der Waals surface area contributed by atoms with Crippen LogP contribution < -0.4 is 0 Å². The van der Waals surface area contributed by atoms with Gasteiger partial charge in [-0.2, -0.15) is 0 Å². The van der Waals surface area contributed by atoms with Gasteiger partial charge in [0.1, 0.15) is 0 Å². The third kappa shape index (κ3) is 2.38.